The minimum atomic E-state index is -3.04. The summed E-state index contributed by atoms with van der Waals surface area (Å²) < 4.78 is 49.5. The lowest BCUT2D eigenvalue weighted by atomic mass is 10.0. The average molecular weight is 496 g/mol. The number of benzene rings is 1. The van der Waals surface area contributed by atoms with Crippen molar-refractivity contribution in [3.05, 3.63) is 65.7 Å². The Kier molecular flexibility index (Phi) is 4.98. The minimum Gasteiger partial charge on any atom is -0.337 e. The maximum Gasteiger partial charge on any atom is 0.274 e. The molecule has 1 amide bonds. The molecular formula is C25H23F3N6O2. The molecule has 186 valence electrons. The maximum atomic E-state index is 15.4. The second kappa shape index (κ2) is 7.89. The third-order valence-corrected chi connectivity index (χ3v) is 7.17. The molecule has 1 spiro atoms. The summed E-state index contributed by atoms with van der Waals surface area (Å²) in [6, 6.07) is 6.93. The van der Waals surface area contributed by atoms with E-state index in [1.54, 1.807) is 6.07 Å². The molecule has 1 N–H and O–H groups in total. The van der Waals surface area contributed by atoms with Gasteiger partial charge in [0.15, 0.2) is 5.82 Å². The van der Waals surface area contributed by atoms with Crippen LogP contribution in [-0.4, -0.2) is 43.9 Å². The zero-order valence-corrected chi connectivity index (χ0v) is 19.6. The van der Waals surface area contributed by atoms with Crippen molar-refractivity contribution < 1.29 is 22.5 Å². The number of alkyl halides is 2. The first-order valence-corrected chi connectivity index (χ1v) is 11.6. The van der Waals surface area contributed by atoms with Crippen molar-refractivity contribution in [3.63, 3.8) is 0 Å². The number of hydrogen-bond donors (Lipinski definition) is 1. The van der Waals surface area contributed by atoms with Gasteiger partial charge in [0.2, 0.25) is 11.7 Å². The monoisotopic (exact) mass is 496 g/mol. The van der Waals surface area contributed by atoms with E-state index in [1.807, 2.05) is 7.05 Å². The van der Waals surface area contributed by atoms with Crippen LogP contribution in [0.5, 0.6) is 0 Å². The van der Waals surface area contributed by atoms with Gasteiger partial charge in [-0.3, -0.25) is 14.1 Å². The van der Waals surface area contributed by atoms with E-state index in [4.69, 9.17) is 4.52 Å². The highest BCUT2D eigenvalue weighted by molar-refractivity contribution is 6.03. The first kappa shape index (κ1) is 22.7. The summed E-state index contributed by atoms with van der Waals surface area (Å²) in [6.07, 6.45) is 5.93. The molecule has 0 bridgehead atoms. The molecule has 6 rings (SSSR count). The molecule has 3 aromatic heterocycles. The second-order valence-corrected chi connectivity index (χ2v) is 9.89. The van der Waals surface area contributed by atoms with Crippen LogP contribution in [-0.2, 0) is 5.92 Å². The van der Waals surface area contributed by atoms with Gasteiger partial charge in [0.05, 0.1) is 23.5 Å². The summed E-state index contributed by atoms with van der Waals surface area (Å²) in [5, 5.41) is 6.52. The van der Waals surface area contributed by atoms with E-state index in [2.05, 4.69) is 25.3 Å². The number of likely N-dealkylation sites (tertiary alicyclic amines) is 1. The normalized spacial score (nSPS) is 19.3. The number of rotatable bonds is 5. The largest absolute Gasteiger partial charge is 0.337 e. The lowest BCUT2D eigenvalue weighted by Gasteiger charge is -2.14. The van der Waals surface area contributed by atoms with E-state index in [1.165, 1.54) is 53.9 Å². The Morgan fingerprint density at radius 2 is 2.08 bits per heavy atom. The zero-order valence-electron chi connectivity index (χ0n) is 19.6. The highest BCUT2D eigenvalue weighted by atomic mass is 19.3. The highest BCUT2D eigenvalue weighted by Crippen LogP contribution is 2.57. The molecule has 4 heterocycles. The summed E-state index contributed by atoms with van der Waals surface area (Å²) in [4.78, 5) is 23.6. The fourth-order valence-corrected chi connectivity index (χ4v) is 4.97. The summed E-state index contributed by atoms with van der Waals surface area (Å²) in [5.74, 6) is -3.84. The molecule has 0 radical (unpaired) electrons. The van der Waals surface area contributed by atoms with Gasteiger partial charge in [-0.25, -0.2) is 18.2 Å². The molecule has 2 aliphatic rings. The third kappa shape index (κ3) is 3.83. The van der Waals surface area contributed by atoms with Gasteiger partial charge in [-0.05, 0) is 56.0 Å². The van der Waals surface area contributed by atoms with Gasteiger partial charge in [0, 0.05) is 25.2 Å². The molecule has 1 aliphatic heterocycles. The van der Waals surface area contributed by atoms with E-state index < -0.39 is 17.6 Å². The Hall–Kier alpha value is -3.73. The first-order valence-electron chi connectivity index (χ1n) is 11.6. The summed E-state index contributed by atoms with van der Waals surface area (Å²) in [6.45, 7) is 1.77. The van der Waals surface area contributed by atoms with Crippen LogP contribution in [0.2, 0.25) is 0 Å². The van der Waals surface area contributed by atoms with Gasteiger partial charge in [-0.1, -0.05) is 11.2 Å². The lowest BCUT2D eigenvalue weighted by molar-refractivity contribution is 0.0175. The molecule has 0 unspecified atom stereocenters. The molecule has 36 heavy (non-hydrogen) atoms. The van der Waals surface area contributed by atoms with Crippen molar-refractivity contribution in [2.24, 2.45) is 5.41 Å². The zero-order chi connectivity index (χ0) is 25.2. The van der Waals surface area contributed by atoms with Crippen LogP contribution in [0.15, 0.2) is 47.2 Å². The SMILES string of the molecule is CN1CC2(CC2)C[C@H]1c1nc(-c2cccc(NC(=O)c3cnc4cc(C(C)(F)F)ccn34)c2F)no1. The van der Waals surface area contributed by atoms with E-state index in [9.17, 15) is 13.6 Å². The number of pyridine rings is 1. The Morgan fingerprint density at radius 3 is 2.81 bits per heavy atom. The van der Waals surface area contributed by atoms with Crippen LogP contribution in [0.25, 0.3) is 17.0 Å². The third-order valence-electron chi connectivity index (χ3n) is 7.17. The van der Waals surface area contributed by atoms with Crippen LogP contribution < -0.4 is 5.32 Å². The molecule has 8 nitrogen and oxygen atoms in total. The maximum absolute atomic E-state index is 15.4. The molecule has 1 atom stereocenters. The van der Waals surface area contributed by atoms with Gasteiger partial charge >= 0.3 is 0 Å². The predicted octanol–water partition coefficient (Wildman–Crippen LogP) is 5.04. The predicted molar refractivity (Wildman–Crippen MR) is 124 cm³/mol. The van der Waals surface area contributed by atoms with Gasteiger partial charge < -0.3 is 9.84 Å². The van der Waals surface area contributed by atoms with Crippen molar-refractivity contribution in [3.8, 4) is 11.4 Å². The summed E-state index contributed by atoms with van der Waals surface area (Å²) in [7, 11) is 2.02. The first-order chi connectivity index (χ1) is 17.1. The number of carbonyl (C=O) groups is 1. The minimum absolute atomic E-state index is 0.00279. The van der Waals surface area contributed by atoms with Crippen LogP contribution in [0, 0.1) is 11.2 Å². The molecule has 2 fully saturated rings. The lowest BCUT2D eigenvalue weighted by Crippen LogP contribution is -2.18. The molecule has 1 aromatic carbocycles. The smallest absolute Gasteiger partial charge is 0.274 e. The number of nitrogens with one attached hydrogen (secondary N) is 1. The fraction of sp³-hybridized carbons (Fsp3) is 0.360. The van der Waals surface area contributed by atoms with Gasteiger partial charge in [0.1, 0.15) is 11.3 Å². The number of amides is 1. The van der Waals surface area contributed by atoms with Crippen molar-refractivity contribution >= 4 is 17.2 Å². The Balaban J connectivity index is 1.24. The number of aromatic nitrogens is 4. The molecule has 1 saturated carbocycles. The van der Waals surface area contributed by atoms with Crippen LogP contribution >= 0.6 is 0 Å². The number of nitrogens with zero attached hydrogens (tertiary/aromatic N) is 5. The van der Waals surface area contributed by atoms with E-state index in [0.717, 1.165) is 19.9 Å². The van der Waals surface area contributed by atoms with Gasteiger partial charge in [-0.15, -0.1) is 0 Å². The van der Waals surface area contributed by atoms with E-state index in [0.29, 0.717) is 11.3 Å². The van der Waals surface area contributed by atoms with E-state index >= 15 is 4.39 Å². The Morgan fingerprint density at radius 1 is 1.28 bits per heavy atom. The highest BCUT2D eigenvalue weighted by Gasteiger charge is 2.52. The Labute approximate surface area is 204 Å². The fourth-order valence-electron chi connectivity index (χ4n) is 4.97. The van der Waals surface area contributed by atoms with E-state index in [-0.39, 0.29) is 40.0 Å². The summed E-state index contributed by atoms with van der Waals surface area (Å²) in [5.41, 5.74) is 0.392. The summed E-state index contributed by atoms with van der Waals surface area (Å²) >= 11 is 0. The number of hydrogen-bond acceptors (Lipinski definition) is 6. The molecule has 4 aromatic rings. The molecular weight excluding hydrogens is 473 g/mol. The van der Waals surface area contributed by atoms with Crippen molar-refractivity contribution in [1.82, 2.24) is 24.4 Å². The number of fused-ring (bicyclic) bond motifs is 1. The number of carbonyl (C=O) groups excluding carboxylic acids is 1. The second-order valence-electron chi connectivity index (χ2n) is 9.89. The van der Waals surface area contributed by atoms with Crippen LogP contribution in [0.3, 0.4) is 0 Å². The molecule has 11 heteroatoms. The van der Waals surface area contributed by atoms with Gasteiger partial charge in [0.25, 0.3) is 11.8 Å². The van der Waals surface area contributed by atoms with Crippen LogP contribution in [0.1, 0.15) is 54.2 Å². The number of anilines is 1. The topological polar surface area (TPSA) is 88.6 Å². The molecule has 1 aliphatic carbocycles. The number of halogens is 3. The standard InChI is InChI=1S/C25H23F3N6O2/c1-24(27,28)14-6-9-34-18(12-29-19(34)10-14)22(35)30-16-5-3-4-15(20(16)26)21-31-23(36-32-21)17-11-25(7-8-25)13-33(17)2/h3-6,9-10,12,17H,7-8,11,13H2,1-2H3,(H,30,35)/t17-/m0/s1. The molecule has 1 saturated heterocycles. The van der Waals surface area contributed by atoms with Gasteiger partial charge in [-0.2, -0.15) is 4.98 Å². The van der Waals surface area contributed by atoms with Crippen LogP contribution in [0.4, 0.5) is 18.9 Å². The quantitative estimate of drug-likeness (QED) is 0.416. The van der Waals surface area contributed by atoms with Crippen molar-refractivity contribution in [1.29, 1.82) is 0 Å². The van der Waals surface area contributed by atoms with Crippen molar-refractivity contribution in [2.45, 2.75) is 38.2 Å². The average Bonchev–Trinajstić information content (AvgIpc) is 3.17. The van der Waals surface area contributed by atoms with Crippen molar-refractivity contribution in [2.75, 3.05) is 18.9 Å². The Bertz CT molecular complexity index is 1490. The number of imidazole rings is 1.